The third kappa shape index (κ3) is 5.48. The third-order valence-corrected chi connectivity index (χ3v) is 3.29. The standard InChI is InChI=1S/C16H22ClNO/c1-11(2)16(12(3)4)18-15(19)10-7-13-5-8-14(17)9-6-13/h5-12,16H,1-4H3,(H,18,19)/b10-7+. The van der Waals surface area contributed by atoms with Crippen LogP contribution in [0, 0.1) is 11.8 Å². The third-order valence-electron chi connectivity index (χ3n) is 3.04. The van der Waals surface area contributed by atoms with Crippen LogP contribution in [0.3, 0.4) is 0 Å². The molecule has 1 amide bonds. The molecule has 1 aromatic rings. The Hall–Kier alpha value is -1.28. The number of halogens is 1. The molecule has 3 heteroatoms. The number of nitrogens with one attached hydrogen (secondary N) is 1. The zero-order chi connectivity index (χ0) is 14.4. The molecule has 0 aliphatic rings. The second kappa shape index (κ2) is 7.34. The van der Waals surface area contributed by atoms with Crippen molar-refractivity contribution in [2.24, 2.45) is 11.8 Å². The van der Waals surface area contributed by atoms with E-state index >= 15 is 0 Å². The molecule has 0 spiro atoms. The van der Waals surface area contributed by atoms with Gasteiger partial charge in [-0.25, -0.2) is 0 Å². The molecule has 19 heavy (non-hydrogen) atoms. The van der Waals surface area contributed by atoms with E-state index in [1.807, 2.05) is 24.3 Å². The maximum Gasteiger partial charge on any atom is 0.244 e. The lowest BCUT2D eigenvalue weighted by atomic mass is 9.93. The Kier molecular flexibility index (Phi) is 6.10. The van der Waals surface area contributed by atoms with E-state index < -0.39 is 0 Å². The lowest BCUT2D eigenvalue weighted by Gasteiger charge is -2.25. The van der Waals surface area contributed by atoms with Crippen molar-refractivity contribution in [2.75, 3.05) is 0 Å². The molecule has 0 fully saturated rings. The average Bonchev–Trinajstić information content (AvgIpc) is 2.34. The smallest absolute Gasteiger partial charge is 0.244 e. The zero-order valence-electron chi connectivity index (χ0n) is 12.0. The Bertz CT molecular complexity index is 427. The molecule has 1 aromatic carbocycles. The molecule has 0 aliphatic heterocycles. The van der Waals surface area contributed by atoms with E-state index in [0.717, 1.165) is 5.56 Å². The van der Waals surface area contributed by atoms with Crippen molar-refractivity contribution in [3.8, 4) is 0 Å². The lowest BCUT2D eigenvalue weighted by Crippen LogP contribution is -2.41. The van der Waals surface area contributed by atoms with Gasteiger partial charge in [-0.2, -0.15) is 0 Å². The highest BCUT2D eigenvalue weighted by Crippen LogP contribution is 2.13. The van der Waals surface area contributed by atoms with Gasteiger partial charge < -0.3 is 5.32 Å². The van der Waals surface area contributed by atoms with Gasteiger partial charge in [-0.15, -0.1) is 0 Å². The van der Waals surface area contributed by atoms with E-state index in [2.05, 4.69) is 33.0 Å². The number of amides is 1. The second-order valence-electron chi connectivity index (χ2n) is 5.41. The molecule has 0 radical (unpaired) electrons. The lowest BCUT2D eigenvalue weighted by molar-refractivity contribution is -0.117. The largest absolute Gasteiger partial charge is 0.349 e. The predicted octanol–water partition coefficient (Wildman–Crippen LogP) is 4.15. The first kappa shape index (κ1) is 15.8. The monoisotopic (exact) mass is 279 g/mol. The molecular formula is C16H22ClNO. The molecule has 104 valence electrons. The summed E-state index contributed by atoms with van der Waals surface area (Å²) in [6, 6.07) is 7.58. The molecule has 0 unspecified atom stereocenters. The maximum absolute atomic E-state index is 11.9. The summed E-state index contributed by atoms with van der Waals surface area (Å²) in [6.07, 6.45) is 3.37. The Balaban J connectivity index is 2.61. The molecule has 0 atom stereocenters. The van der Waals surface area contributed by atoms with Crippen LogP contribution in [0.4, 0.5) is 0 Å². The Labute approximate surface area is 120 Å². The van der Waals surface area contributed by atoms with Crippen LogP contribution in [0.1, 0.15) is 33.3 Å². The topological polar surface area (TPSA) is 29.1 Å². The SMILES string of the molecule is CC(C)C(NC(=O)/C=C/c1ccc(Cl)cc1)C(C)C. The minimum atomic E-state index is -0.0534. The number of hydrogen-bond acceptors (Lipinski definition) is 1. The van der Waals surface area contributed by atoms with Gasteiger partial charge in [0, 0.05) is 17.1 Å². The van der Waals surface area contributed by atoms with Crippen LogP contribution in [0.15, 0.2) is 30.3 Å². The van der Waals surface area contributed by atoms with Crippen LogP contribution in [-0.4, -0.2) is 11.9 Å². The van der Waals surface area contributed by atoms with Gasteiger partial charge >= 0.3 is 0 Å². The van der Waals surface area contributed by atoms with Crippen molar-refractivity contribution in [1.82, 2.24) is 5.32 Å². The van der Waals surface area contributed by atoms with Gasteiger partial charge in [-0.3, -0.25) is 4.79 Å². The first-order valence-corrected chi connectivity index (χ1v) is 7.02. The van der Waals surface area contributed by atoms with Crippen molar-refractivity contribution in [1.29, 1.82) is 0 Å². The fourth-order valence-corrected chi connectivity index (χ4v) is 2.19. The minimum absolute atomic E-state index is 0.0534. The first-order valence-electron chi connectivity index (χ1n) is 6.64. The first-order chi connectivity index (χ1) is 8.90. The predicted molar refractivity (Wildman–Crippen MR) is 82.1 cm³/mol. The second-order valence-corrected chi connectivity index (χ2v) is 5.84. The fourth-order valence-electron chi connectivity index (χ4n) is 2.06. The number of carbonyl (C=O) groups excluding carboxylic acids is 1. The summed E-state index contributed by atoms with van der Waals surface area (Å²) >= 11 is 5.81. The van der Waals surface area contributed by atoms with Gasteiger partial charge in [-0.05, 0) is 35.6 Å². The van der Waals surface area contributed by atoms with Gasteiger partial charge in [0.25, 0.3) is 0 Å². The fraction of sp³-hybridized carbons (Fsp3) is 0.438. The van der Waals surface area contributed by atoms with Crippen LogP contribution in [0.2, 0.25) is 5.02 Å². The number of benzene rings is 1. The molecule has 0 aliphatic carbocycles. The number of carbonyl (C=O) groups is 1. The quantitative estimate of drug-likeness (QED) is 0.806. The average molecular weight is 280 g/mol. The van der Waals surface area contributed by atoms with Gasteiger partial charge in [0.15, 0.2) is 0 Å². The highest BCUT2D eigenvalue weighted by atomic mass is 35.5. The van der Waals surface area contributed by atoms with E-state index in [4.69, 9.17) is 11.6 Å². The van der Waals surface area contributed by atoms with Crippen molar-refractivity contribution in [3.63, 3.8) is 0 Å². The van der Waals surface area contributed by atoms with Crippen molar-refractivity contribution in [2.45, 2.75) is 33.7 Å². The number of hydrogen-bond donors (Lipinski definition) is 1. The summed E-state index contributed by atoms with van der Waals surface area (Å²) in [4.78, 5) is 11.9. The summed E-state index contributed by atoms with van der Waals surface area (Å²) in [5.74, 6) is 0.795. The van der Waals surface area contributed by atoms with Crippen LogP contribution >= 0.6 is 11.6 Å². The Morgan fingerprint density at radius 3 is 2.11 bits per heavy atom. The summed E-state index contributed by atoms with van der Waals surface area (Å²) in [7, 11) is 0. The van der Waals surface area contributed by atoms with E-state index in [1.54, 1.807) is 12.2 Å². The van der Waals surface area contributed by atoms with E-state index in [0.29, 0.717) is 16.9 Å². The summed E-state index contributed by atoms with van der Waals surface area (Å²) < 4.78 is 0. The minimum Gasteiger partial charge on any atom is -0.349 e. The van der Waals surface area contributed by atoms with E-state index in [1.165, 1.54) is 0 Å². The molecule has 0 aromatic heterocycles. The molecule has 2 nitrogen and oxygen atoms in total. The highest BCUT2D eigenvalue weighted by molar-refractivity contribution is 6.30. The van der Waals surface area contributed by atoms with Gasteiger partial charge in [-0.1, -0.05) is 51.4 Å². The van der Waals surface area contributed by atoms with Crippen molar-refractivity contribution < 1.29 is 4.79 Å². The van der Waals surface area contributed by atoms with E-state index in [9.17, 15) is 4.79 Å². The molecule has 0 bridgehead atoms. The number of rotatable bonds is 5. The van der Waals surface area contributed by atoms with Gasteiger partial charge in [0.1, 0.15) is 0 Å². The van der Waals surface area contributed by atoms with Crippen molar-refractivity contribution in [3.05, 3.63) is 40.9 Å². The van der Waals surface area contributed by atoms with Gasteiger partial charge in [0.05, 0.1) is 0 Å². The summed E-state index contributed by atoms with van der Waals surface area (Å²) in [6.45, 7) is 8.48. The van der Waals surface area contributed by atoms with Crippen LogP contribution in [-0.2, 0) is 4.79 Å². The molecule has 0 saturated carbocycles. The van der Waals surface area contributed by atoms with Crippen LogP contribution in [0.25, 0.3) is 6.08 Å². The molecule has 0 heterocycles. The molecule has 0 saturated heterocycles. The Morgan fingerprint density at radius 1 is 1.11 bits per heavy atom. The van der Waals surface area contributed by atoms with Crippen LogP contribution < -0.4 is 5.32 Å². The summed E-state index contributed by atoms with van der Waals surface area (Å²) in [5, 5.41) is 3.74. The molecular weight excluding hydrogens is 258 g/mol. The maximum atomic E-state index is 11.9. The van der Waals surface area contributed by atoms with Crippen LogP contribution in [0.5, 0.6) is 0 Å². The zero-order valence-corrected chi connectivity index (χ0v) is 12.7. The van der Waals surface area contributed by atoms with E-state index in [-0.39, 0.29) is 11.9 Å². The normalized spacial score (nSPS) is 11.8. The Morgan fingerprint density at radius 2 is 1.63 bits per heavy atom. The summed E-state index contributed by atoms with van der Waals surface area (Å²) in [5.41, 5.74) is 0.963. The highest BCUT2D eigenvalue weighted by Gasteiger charge is 2.18. The molecule has 1 rings (SSSR count). The molecule has 1 N–H and O–H groups in total. The van der Waals surface area contributed by atoms with Gasteiger partial charge in [0.2, 0.25) is 5.91 Å². The van der Waals surface area contributed by atoms with Crippen molar-refractivity contribution >= 4 is 23.6 Å².